The zero-order valence-electron chi connectivity index (χ0n) is 6.06. The molecule has 0 aromatic carbocycles. The third-order valence-electron chi connectivity index (χ3n) is 1.30. The highest BCUT2D eigenvalue weighted by atomic mass is 79.9. The largest absolute Gasteiger partial charge is 0.417 e. The summed E-state index contributed by atoms with van der Waals surface area (Å²) < 4.78 is 36.3. The SMILES string of the molecule is N#Cc1nccc(C(F)(F)F)c1Br. The fraction of sp³-hybridized carbons (Fsp3) is 0.143. The summed E-state index contributed by atoms with van der Waals surface area (Å²) >= 11 is 2.67. The summed E-state index contributed by atoms with van der Waals surface area (Å²) in [5.41, 5.74) is -1.16. The van der Waals surface area contributed by atoms with E-state index in [1.165, 1.54) is 0 Å². The third kappa shape index (κ3) is 1.98. The number of hydrogen-bond acceptors (Lipinski definition) is 2. The van der Waals surface area contributed by atoms with Gasteiger partial charge in [-0.1, -0.05) is 0 Å². The van der Waals surface area contributed by atoms with Crippen molar-refractivity contribution < 1.29 is 13.2 Å². The van der Waals surface area contributed by atoms with Gasteiger partial charge in [0.05, 0.1) is 10.0 Å². The maximum Gasteiger partial charge on any atom is 0.417 e. The van der Waals surface area contributed by atoms with Crippen LogP contribution in [0.4, 0.5) is 13.2 Å². The number of nitrogens with zero attached hydrogens (tertiary/aromatic N) is 2. The molecule has 0 bridgehead atoms. The minimum atomic E-state index is -4.46. The zero-order valence-corrected chi connectivity index (χ0v) is 7.65. The van der Waals surface area contributed by atoms with Crippen LogP contribution >= 0.6 is 15.9 Å². The molecule has 0 saturated carbocycles. The lowest BCUT2D eigenvalue weighted by molar-refractivity contribution is -0.138. The maximum absolute atomic E-state index is 12.2. The van der Waals surface area contributed by atoms with Gasteiger partial charge in [0.1, 0.15) is 6.07 Å². The average Bonchev–Trinajstić information content (AvgIpc) is 2.02. The van der Waals surface area contributed by atoms with Crippen LogP contribution in [-0.2, 0) is 6.18 Å². The van der Waals surface area contributed by atoms with Gasteiger partial charge in [-0.25, -0.2) is 4.98 Å². The molecule has 0 aliphatic heterocycles. The first-order chi connectivity index (χ1) is 5.96. The monoisotopic (exact) mass is 250 g/mol. The lowest BCUT2D eigenvalue weighted by atomic mass is 10.2. The quantitative estimate of drug-likeness (QED) is 0.710. The van der Waals surface area contributed by atoms with Gasteiger partial charge in [-0.2, -0.15) is 18.4 Å². The van der Waals surface area contributed by atoms with Crippen molar-refractivity contribution in [1.29, 1.82) is 5.26 Å². The Morgan fingerprint density at radius 3 is 2.54 bits per heavy atom. The molecule has 2 nitrogen and oxygen atoms in total. The predicted molar refractivity (Wildman–Crippen MR) is 41.7 cm³/mol. The van der Waals surface area contributed by atoms with Gasteiger partial charge in [0.2, 0.25) is 0 Å². The van der Waals surface area contributed by atoms with Crippen molar-refractivity contribution in [3.05, 3.63) is 28.0 Å². The summed E-state index contributed by atoms with van der Waals surface area (Å²) in [6, 6.07) is 2.36. The Morgan fingerprint density at radius 2 is 2.08 bits per heavy atom. The molecule has 0 N–H and O–H groups in total. The van der Waals surface area contributed by atoms with Gasteiger partial charge in [-0.05, 0) is 22.0 Å². The predicted octanol–water partition coefficient (Wildman–Crippen LogP) is 2.73. The minimum Gasteiger partial charge on any atom is -0.244 e. The summed E-state index contributed by atoms with van der Waals surface area (Å²) in [5.74, 6) is 0. The van der Waals surface area contributed by atoms with Crippen molar-refractivity contribution in [2.45, 2.75) is 6.18 Å². The van der Waals surface area contributed by atoms with Crippen LogP contribution < -0.4 is 0 Å². The van der Waals surface area contributed by atoms with Gasteiger partial charge < -0.3 is 0 Å². The van der Waals surface area contributed by atoms with Crippen molar-refractivity contribution >= 4 is 15.9 Å². The summed E-state index contributed by atoms with van der Waals surface area (Å²) in [5, 5.41) is 8.40. The van der Waals surface area contributed by atoms with Gasteiger partial charge in [0.25, 0.3) is 0 Å². The summed E-state index contributed by atoms with van der Waals surface area (Å²) in [6.07, 6.45) is -3.51. The van der Waals surface area contributed by atoms with E-state index < -0.39 is 11.7 Å². The van der Waals surface area contributed by atoms with Gasteiger partial charge in [0, 0.05) is 6.20 Å². The molecule has 1 aromatic heterocycles. The fourth-order valence-electron chi connectivity index (χ4n) is 0.741. The van der Waals surface area contributed by atoms with E-state index in [4.69, 9.17) is 5.26 Å². The van der Waals surface area contributed by atoms with Crippen molar-refractivity contribution in [3.8, 4) is 6.07 Å². The first-order valence-electron chi connectivity index (χ1n) is 3.08. The summed E-state index contributed by atoms with van der Waals surface area (Å²) in [4.78, 5) is 3.46. The lowest BCUT2D eigenvalue weighted by Gasteiger charge is -2.08. The molecule has 1 aromatic rings. The number of halogens is 4. The van der Waals surface area contributed by atoms with E-state index in [-0.39, 0.29) is 10.2 Å². The van der Waals surface area contributed by atoms with E-state index in [0.29, 0.717) is 0 Å². The van der Waals surface area contributed by atoms with Crippen LogP contribution in [0.15, 0.2) is 16.7 Å². The minimum absolute atomic E-state index is 0.269. The first-order valence-corrected chi connectivity index (χ1v) is 3.88. The molecule has 0 fully saturated rings. The second-order valence-corrected chi connectivity index (χ2v) is 2.92. The highest BCUT2D eigenvalue weighted by Gasteiger charge is 2.33. The molecule has 0 spiro atoms. The first kappa shape index (κ1) is 9.99. The fourth-order valence-corrected chi connectivity index (χ4v) is 1.29. The highest BCUT2D eigenvalue weighted by Crippen LogP contribution is 2.35. The topological polar surface area (TPSA) is 36.7 Å². The van der Waals surface area contributed by atoms with E-state index in [2.05, 4.69) is 20.9 Å². The van der Waals surface area contributed by atoms with Gasteiger partial charge >= 0.3 is 6.18 Å². The maximum atomic E-state index is 12.2. The Labute approximate surface area is 80.1 Å². The number of aromatic nitrogens is 1. The molecular weight excluding hydrogens is 249 g/mol. The Balaban J connectivity index is 3.34. The van der Waals surface area contributed by atoms with Crippen LogP contribution in [0.5, 0.6) is 0 Å². The van der Waals surface area contributed by atoms with Crippen molar-refractivity contribution in [2.75, 3.05) is 0 Å². The summed E-state index contributed by atoms with van der Waals surface area (Å²) in [7, 11) is 0. The van der Waals surface area contributed by atoms with E-state index in [1.54, 1.807) is 6.07 Å². The van der Waals surface area contributed by atoms with Gasteiger partial charge in [-0.3, -0.25) is 0 Å². The normalized spacial score (nSPS) is 11.0. The summed E-state index contributed by atoms with van der Waals surface area (Å²) in [6.45, 7) is 0. The highest BCUT2D eigenvalue weighted by molar-refractivity contribution is 9.10. The zero-order chi connectivity index (χ0) is 10.1. The van der Waals surface area contributed by atoms with E-state index in [1.807, 2.05) is 0 Å². The number of alkyl halides is 3. The Hall–Kier alpha value is -1.09. The number of nitriles is 1. The molecule has 0 aliphatic carbocycles. The molecule has 0 aliphatic rings. The average molecular weight is 251 g/mol. The van der Waals surface area contributed by atoms with Gasteiger partial charge in [0.15, 0.2) is 5.69 Å². The molecule has 0 amide bonds. The number of hydrogen-bond donors (Lipinski definition) is 0. The molecule has 0 saturated heterocycles. The van der Waals surface area contributed by atoms with Crippen LogP contribution in [0, 0.1) is 11.3 Å². The molecule has 1 heterocycles. The smallest absolute Gasteiger partial charge is 0.244 e. The Kier molecular flexibility index (Phi) is 2.57. The standard InChI is InChI=1S/C7H2BrF3N2/c8-6-4(7(9,10)11)1-2-13-5(6)3-12/h1-2H. The van der Waals surface area contributed by atoms with Crippen LogP contribution in [0.3, 0.4) is 0 Å². The lowest BCUT2D eigenvalue weighted by Crippen LogP contribution is -2.07. The number of rotatable bonds is 0. The Morgan fingerprint density at radius 1 is 1.46 bits per heavy atom. The van der Waals surface area contributed by atoms with E-state index >= 15 is 0 Å². The molecule has 1 rings (SSSR count). The third-order valence-corrected chi connectivity index (χ3v) is 2.10. The van der Waals surface area contributed by atoms with Crippen molar-refractivity contribution in [2.24, 2.45) is 0 Å². The van der Waals surface area contributed by atoms with Crippen molar-refractivity contribution in [3.63, 3.8) is 0 Å². The van der Waals surface area contributed by atoms with Crippen LogP contribution in [-0.4, -0.2) is 4.98 Å². The molecule has 0 radical (unpaired) electrons. The van der Waals surface area contributed by atoms with Crippen LogP contribution in [0.2, 0.25) is 0 Å². The van der Waals surface area contributed by atoms with Crippen molar-refractivity contribution in [1.82, 2.24) is 4.98 Å². The molecule has 6 heteroatoms. The van der Waals surface area contributed by atoms with E-state index in [0.717, 1.165) is 12.3 Å². The molecule has 68 valence electrons. The van der Waals surface area contributed by atoms with Crippen LogP contribution in [0.25, 0.3) is 0 Å². The van der Waals surface area contributed by atoms with Crippen LogP contribution in [0.1, 0.15) is 11.3 Å². The Bertz CT molecular complexity index is 367. The second kappa shape index (κ2) is 3.34. The molecule has 13 heavy (non-hydrogen) atoms. The molecule has 0 unspecified atom stereocenters. The second-order valence-electron chi connectivity index (χ2n) is 2.13. The molecule has 0 atom stereocenters. The number of pyridine rings is 1. The van der Waals surface area contributed by atoms with Gasteiger partial charge in [-0.15, -0.1) is 0 Å². The van der Waals surface area contributed by atoms with E-state index in [9.17, 15) is 13.2 Å². The molecular formula is C7H2BrF3N2.